The lowest BCUT2D eigenvalue weighted by molar-refractivity contribution is 0.105. The van der Waals surface area contributed by atoms with Gasteiger partial charge in [0.15, 0.2) is 0 Å². The van der Waals surface area contributed by atoms with Crippen molar-refractivity contribution in [3.05, 3.63) is 83.7 Å². The summed E-state index contributed by atoms with van der Waals surface area (Å²) in [5.41, 5.74) is 2.68. The number of hydrogen-bond acceptors (Lipinski definition) is 7. The molecule has 34 heavy (non-hydrogen) atoms. The van der Waals surface area contributed by atoms with Crippen LogP contribution in [0.3, 0.4) is 0 Å². The van der Waals surface area contributed by atoms with Gasteiger partial charge in [0.1, 0.15) is 19.3 Å². The Morgan fingerprint density at radius 2 is 1.94 bits per heavy atom. The number of carbonyl (C=O) groups excluding carboxylic acids is 2. The van der Waals surface area contributed by atoms with E-state index in [1.807, 2.05) is 54.6 Å². The second kappa shape index (κ2) is 10.3. The van der Waals surface area contributed by atoms with E-state index in [1.165, 1.54) is 4.90 Å². The van der Waals surface area contributed by atoms with Crippen molar-refractivity contribution in [3.8, 4) is 0 Å². The maximum Gasteiger partial charge on any atom is 0.414 e. The van der Waals surface area contributed by atoms with Gasteiger partial charge in [-0.25, -0.2) is 9.59 Å². The number of cyclic esters (lactones) is 1. The highest BCUT2D eigenvalue weighted by Gasteiger charge is 2.35. The van der Waals surface area contributed by atoms with Gasteiger partial charge in [0, 0.05) is 18.3 Å². The van der Waals surface area contributed by atoms with Crippen molar-refractivity contribution in [3.63, 3.8) is 0 Å². The molecule has 10 heteroatoms. The van der Waals surface area contributed by atoms with Crippen LogP contribution in [-0.2, 0) is 30.4 Å². The van der Waals surface area contributed by atoms with Crippen LogP contribution in [0.4, 0.5) is 9.59 Å². The molecule has 0 aromatic heterocycles. The molecule has 0 spiro atoms. The van der Waals surface area contributed by atoms with E-state index in [0.717, 1.165) is 23.1 Å². The SMILES string of the molecule is CS(=O)(=O)OC[C@H]1CN(C2=CCC(C3C=CC=CN3C(=O)OCc3ccccc3)=CC2)C(=O)O1. The van der Waals surface area contributed by atoms with Gasteiger partial charge in [-0.15, -0.1) is 0 Å². The van der Waals surface area contributed by atoms with Gasteiger partial charge >= 0.3 is 12.2 Å². The molecule has 2 amide bonds. The van der Waals surface area contributed by atoms with Crippen LogP contribution in [0.25, 0.3) is 0 Å². The minimum absolute atomic E-state index is 0.185. The van der Waals surface area contributed by atoms with Crippen LogP contribution in [-0.4, -0.2) is 62.0 Å². The van der Waals surface area contributed by atoms with E-state index in [2.05, 4.69) is 0 Å². The molecule has 9 nitrogen and oxygen atoms in total. The Kier molecular flexibility index (Phi) is 7.18. The number of allylic oxidation sites excluding steroid dienone is 4. The van der Waals surface area contributed by atoms with Gasteiger partial charge in [-0.2, -0.15) is 8.42 Å². The summed E-state index contributed by atoms with van der Waals surface area (Å²) >= 11 is 0. The number of nitrogens with zero attached hydrogens (tertiary/aromatic N) is 2. The second-order valence-corrected chi connectivity index (χ2v) is 9.75. The minimum Gasteiger partial charge on any atom is -0.444 e. The molecule has 1 aliphatic carbocycles. The van der Waals surface area contributed by atoms with Gasteiger partial charge in [0.05, 0.1) is 18.8 Å². The molecule has 0 N–H and O–H groups in total. The molecule has 0 saturated carbocycles. The predicted octanol–water partition coefficient (Wildman–Crippen LogP) is 3.48. The van der Waals surface area contributed by atoms with Crippen LogP contribution in [0.2, 0.25) is 0 Å². The fourth-order valence-electron chi connectivity index (χ4n) is 3.91. The van der Waals surface area contributed by atoms with Gasteiger partial charge in [-0.3, -0.25) is 14.0 Å². The van der Waals surface area contributed by atoms with Gasteiger partial charge in [0.2, 0.25) is 0 Å². The highest BCUT2D eigenvalue weighted by molar-refractivity contribution is 7.85. The zero-order valence-corrected chi connectivity index (χ0v) is 19.5. The minimum atomic E-state index is -3.61. The normalized spacial score (nSPS) is 22.3. The molecule has 2 atom stereocenters. The van der Waals surface area contributed by atoms with Crippen LogP contribution in [0.15, 0.2) is 78.2 Å². The lowest BCUT2D eigenvalue weighted by Gasteiger charge is -2.31. The standard InChI is InChI=1S/C24H26N2O7S/c1-34(29,30)32-17-21-15-26(24(28)33-21)20-12-10-19(11-13-20)22-9-5-6-14-25(22)23(27)31-16-18-7-3-2-4-8-18/h2-10,13-14,21-22H,11-12,15-17H2,1H3/t21-,22?/m1/s1. The number of benzene rings is 1. The Hall–Kier alpha value is -3.37. The highest BCUT2D eigenvalue weighted by atomic mass is 32.2. The van der Waals surface area contributed by atoms with E-state index < -0.39 is 28.4 Å². The van der Waals surface area contributed by atoms with Crippen molar-refractivity contribution in [1.29, 1.82) is 0 Å². The molecule has 0 radical (unpaired) electrons. The van der Waals surface area contributed by atoms with Crippen molar-refractivity contribution < 1.29 is 31.7 Å². The molecule has 1 unspecified atom stereocenters. The smallest absolute Gasteiger partial charge is 0.414 e. The molecule has 2 heterocycles. The topological polar surface area (TPSA) is 102 Å². The Morgan fingerprint density at radius 3 is 2.65 bits per heavy atom. The Balaban J connectivity index is 1.35. The molecule has 1 aromatic carbocycles. The first-order valence-corrected chi connectivity index (χ1v) is 12.7. The lowest BCUT2D eigenvalue weighted by atomic mass is 9.94. The summed E-state index contributed by atoms with van der Waals surface area (Å²) in [4.78, 5) is 28.1. The van der Waals surface area contributed by atoms with Crippen LogP contribution < -0.4 is 0 Å². The van der Waals surface area contributed by atoms with Crippen LogP contribution in [0.5, 0.6) is 0 Å². The molecule has 0 bridgehead atoms. The summed E-state index contributed by atoms with van der Waals surface area (Å²) in [5, 5.41) is 0. The van der Waals surface area contributed by atoms with E-state index >= 15 is 0 Å². The summed E-state index contributed by atoms with van der Waals surface area (Å²) in [5.74, 6) is 0. The third-order valence-corrected chi connectivity index (χ3v) is 6.15. The van der Waals surface area contributed by atoms with Crippen molar-refractivity contribution in [2.45, 2.75) is 31.6 Å². The van der Waals surface area contributed by atoms with Crippen molar-refractivity contribution in [2.24, 2.45) is 0 Å². The lowest BCUT2D eigenvalue weighted by Crippen LogP contribution is -2.38. The average Bonchev–Trinajstić information content (AvgIpc) is 3.22. The molecular formula is C24H26N2O7S. The first-order chi connectivity index (χ1) is 16.3. The van der Waals surface area contributed by atoms with E-state index in [4.69, 9.17) is 13.7 Å². The predicted molar refractivity (Wildman–Crippen MR) is 124 cm³/mol. The largest absolute Gasteiger partial charge is 0.444 e. The zero-order chi connectivity index (χ0) is 24.1. The third-order valence-electron chi connectivity index (χ3n) is 5.58. The van der Waals surface area contributed by atoms with Gasteiger partial charge in [-0.1, -0.05) is 54.6 Å². The fourth-order valence-corrected chi connectivity index (χ4v) is 4.31. The Morgan fingerprint density at radius 1 is 1.15 bits per heavy atom. The van der Waals surface area contributed by atoms with Gasteiger partial charge in [0.25, 0.3) is 10.1 Å². The van der Waals surface area contributed by atoms with Gasteiger partial charge in [-0.05, 0) is 23.6 Å². The first-order valence-electron chi connectivity index (χ1n) is 10.8. The summed E-state index contributed by atoms with van der Waals surface area (Å²) in [6, 6.07) is 9.20. The molecule has 1 fully saturated rings. The van der Waals surface area contributed by atoms with Crippen LogP contribution >= 0.6 is 0 Å². The number of ether oxygens (including phenoxy) is 2. The number of carbonyl (C=O) groups is 2. The quantitative estimate of drug-likeness (QED) is 0.429. The number of rotatable bonds is 7. The van der Waals surface area contributed by atoms with Crippen molar-refractivity contribution >= 4 is 22.3 Å². The molecule has 180 valence electrons. The highest BCUT2D eigenvalue weighted by Crippen LogP contribution is 2.30. The molecule has 4 rings (SSSR count). The maximum atomic E-state index is 12.8. The Bertz CT molecular complexity index is 1160. The van der Waals surface area contributed by atoms with Gasteiger partial charge < -0.3 is 9.47 Å². The molecule has 1 aromatic rings. The first kappa shape index (κ1) is 23.8. The fraction of sp³-hybridized carbons (Fsp3) is 0.333. The van der Waals surface area contributed by atoms with E-state index in [1.54, 1.807) is 17.2 Å². The monoisotopic (exact) mass is 486 g/mol. The van der Waals surface area contributed by atoms with Crippen molar-refractivity contribution in [1.82, 2.24) is 9.80 Å². The molecule has 1 saturated heterocycles. The van der Waals surface area contributed by atoms with E-state index in [-0.39, 0.29) is 25.8 Å². The van der Waals surface area contributed by atoms with E-state index in [0.29, 0.717) is 12.8 Å². The van der Waals surface area contributed by atoms with Crippen molar-refractivity contribution in [2.75, 3.05) is 19.4 Å². The zero-order valence-electron chi connectivity index (χ0n) is 18.7. The summed E-state index contributed by atoms with van der Waals surface area (Å²) in [6.45, 7) is 0.187. The second-order valence-electron chi connectivity index (χ2n) is 8.11. The summed E-state index contributed by atoms with van der Waals surface area (Å²) in [7, 11) is -3.61. The molecule has 3 aliphatic rings. The molecular weight excluding hydrogens is 460 g/mol. The van der Waals surface area contributed by atoms with E-state index in [9.17, 15) is 18.0 Å². The average molecular weight is 487 g/mol. The Labute approximate surface area is 198 Å². The number of hydrogen-bond donors (Lipinski definition) is 0. The molecule has 2 aliphatic heterocycles. The maximum absolute atomic E-state index is 12.8. The number of amides is 2. The summed E-state index contributed by atoms with van der Waals surface area (Å²) < 4.78 is 37.8. The third kappa shape index (κ3) is 5.95. The van der Waals surface area contributed by atoms with Crippen LogP contribution in [0, 0.1) is 0 Å². The summed E-state index contributed by atoms with van der Waals surface area (Å²) in [6.07, 6.45) is 11.5. The van der Waals surface area contributed by atoms with Crippen LogP contribution in [0.1, 0.15) is 18.4 Å².